The highest BCUT2D eigenvalue weighted by atomic mass is 16.5. The van der Waals surface area contributed by atoms with Crippen LogP contribution < -0.4 is 0 Å². The molecule has 0 spiro atoms. The van der Waals surface area contributed by atoms with Gasteiger partial charge in [-0.25, -0.2) is 0 Å². The molecule has 2 aliphatic rings. The first kappa shape index (κ1) is 14.4. The van der Waals surface area contributed by atoms with Crippen molar-refractivity contribution >= 4 is 5.91 Å². The summed E-state index contributed by atoms with van der Waals surface area (Å²) >= 11 is 0. The van der Waals surface area contributed by atoms with Gasteiger partial charge in [0.25, 0.3) is 5.89 Å². The molecule has 4 rings (SSSR count). The Morgan fingerprint density at radius 1 is 1.39 bits per heavy atom. The molecule has 7 nitrogen and oxygen atoms in total. The Hall–Kier alpha value is -2.15. The molecule has 2 aromatic heterocycles. The van der Waals surface area contributed by atoms with Gasteiger partial charge in [-0.15, -0.1) is 0 Å². The first-order chi connectivity index (χ1) is 11.2. The highest BCUT2D eigenvalue weighted by Crippen LogP contribution is 2.38. The smallest absolute Gasteiger partial charge is 0.257 e. The van der Waals surface area contributed by atoms with Crippen LogP contribution in [0.25, 0.3) is 0 Å². The van der Waals surface area contributed by atoms with Crippen LogP contribution in [0.4, 0.5) is 0 Å². The number of amides is 1. The molecule has 0 bridgehead atoms. The van der Waals surface area contributed by atoms with Crippen molar-refractivity contribution in [3.05, 3.63) is 35.9 Å². The van der Waals surface area contributed by atoms with Crippen LogP contribution in [0.5, 0.6) is 0 Å². The number of furan rings is 1. The molecule has 1 aliphatic carbocycles. The fourth-order valence-electron chi connectivity index (χ4n) is 2.85. The van der Waals surface area contributed by atoms with Gasteiger partial charge < -0.3 is 18.6 Å². The third-order valence-electron chi connectivity index (χ3n) is 4.19. The van der Waals surface area contributed by atoms with Gasteiger partial charge in [0.2, 0.25) is 5.91 Å². The lowest BCUT2D eigenvalue weighted by Gasteiger charge is -2.35. The van der Waals surface area contributed by atoms with Crippen LogP contribution in [0.2, 0.25) is 0 Å². The first-order valence-electron chi connectivity index (χ1n) is 7.98. The van der Waals surface area contributed by atoms with Crippen molar-refractivity contribution in [1.82, 2.24) is 15.0 Å². The third kappa shape index (κ3) is 3.14. The standard InChI is InChI=1S/C16H19N3O4/c1-10-8-19(14(20)7-12-3-2-6-21-12)9-13(22-10)16-17-15(18-23-16)11-4-5-11/h2-3,6,10-11,13H,4-5,7-9H2,1H3/t10-,13-/m1/s1. The van der Waals surface area contributed by atoms with Gasteiger partial charge in [0.05, 0.1) is 25.3 Å². The third-order valence-corrected chi connectivity index (χ3v) is 4.19. The van der Waals surface area contributed by atoms with E-state index in [0.29, 0.717) is 30.7 Å². The van der Waals surface area contributed by atoms with Crippen molar-refractivity contribution in [2.24, 2.45) is 0 Å². The minimum Gasteiger partial charge on any atom is -0.469 e. The van der Waals surface area contributed by atoms with Gasteiger partial charge in [0.1, 0.15) is 5.76 Å². The molecule has 3 heterocycles. The molecular formula is C16H19N3O4. The van der Waals surface area contributed by atoms with E-state index in [9.17, 15) is 4.79 Å². The molecule has 122 valence electrons. The maximum Gasteiger partial charge on any atom is 0.257 e. The number of aromatic nitrogens is 2. The van der Waals surface area contributed by atoms with Gasteiger partial charge in [-0.05, 0) is 31.9 Å². The van der Waals surface area contributed by atoms with E-state index in [1.54, 1.807) is 23.3 Å². The van der Waals surface area contributed by atoms with Crippen molar-refractivity contribution in [1.29, 1.82) is 0 Å². The lowest BCUT2D eigenvalue weighted by molar-refractivity contribution is -0.146. The van der Waals surface area contributed by atoms with E-state index in [0.717, 1.165) is 18.7 Å². The van der Waals surface area contributed by atoms with Gasteiger partial charge in [-0.1, -0.05) is 5.16 Å². The minimum atomic E-state index is -0.362. The van der Waals surface area contributed by atoms with E-state index in [-0.39, 0.29) is 24.5 Å². The van der Waals surface area contributed by atoms with E-state index in [1.807, 2.05) is 6.92 Å². The molecule has 1 saturated carbocycles. The van der Waals surface area contributed by atoms with Crippen molar-refractivity contribution < 1.29 is 18.5 Å². The highest BCUT2D eigenvalue weighted by Gasteiger charge is 2.35. The summed E-state index contributed by atoms with van der Waals surface area (Å²) < 4.78 is 16.5. The molecule has 0 aromatic carbocycles. The molecule has 7 heteroatoms. The second kappa shape index (κ2) is 5.81. The molecule has 1 amide bonds. The Labute approximate surface area is 133 Å². The van der Waals surface area contributed by atoms with Crippen LogP contribution in [-0.4, -0.2) is 40.1 Å². The zero-order valence-corrected chi connectivity index (χ0v) is 13.0. The molecule has 0 unspecified atom stereocenters. The Morgan fingerprint density at radius 2 is 2.26 bits per heavy atom. The fraction of sp³-hybridized carbons (Fsp3) is 0.562. The SMILES string of the molecule is C[C@@H]1CN(C(=O)Cc2ccco2)C[C@H](c2nc(C3CC3)no2)O1. The molecule has 2 atom stereocenters. The lowest BCUT2D eigenvalue weighted by Crippen LogP contribution is -2.46. The Kier molecular flexibility index (Phi) is 3.65. The van der Waals surface area contributed by atoms with Crippen molar-refractivity contribution in [2.45, 2.75) is 44.3 Å². The maximum atomic E-state index is 12.5. The molecule has 0 radical (unpaired) electrons. The number of hydrogen-bond donors (Lipinski definition) is 0. The van der Waals surface area contributed by atoms with Gasteiger partial charge in [0.15, 0.2) is 11.9 Å². The normalized spacial score (nSPS) is 24.8. The monoisotopic (exact) mass is 317 g/mol. The molecule has 2 fully saturated rings. The van der Waals surface area contributed by atoms with Crippen molar-refractivity contribution in [3.63, 3.8) is 0 Å². The van der Waals surface area contributed by atoms with Crippen molar-refractivity contribution in [3.8, 4) is 0 Å². The summed E-state index contributed by atoms with van der Waals surface area (Å²) in [6.07, 6.45) is 3.63. The molecule has 1 aliphatic heterocycles. The second-order valence-corrected chi connectivity index (χ2v) is 6.26. The highest BCUT2D eigenvalue weighted by molar-refractivity contribution is 5.78. The van der Waals surface area contributed by atoms with Gasteiger partial charge in [0, 0.05) is 12.5 Å². The van der Waals surface area contributed by atoms with Gasteiger partial charge in [-0.3, -0.25) is 4.79 Å². The van der Waals surface area contributed by atoms with E-state index in [4.69, 9.17) is 13.7 Å². The number of hydrogen-bond acceptors (Lipinski definition) is 6. The quantitative estimate of drug-likeness (QED) is 0.858. The topological polar surface area (TPSA) is 81.6 Å². The maximum absolute atomic E-state index is 12.5. The average Bonchev–Trinajstić information content (AvgIpc) is 3.06. The number of carbonyl (C=O) groups is 1. The summed E-state index contributed by atoms with van der Waals surface area (Å²) in [4.78, 5) is 18.7. The summed E-state index contributed by atoms with van der Waals surface area (Å²) in [7, 11) is 0. The van der Waals surface area contributed by atoms with Crippen LogP contribution in [0.3, 0.4) is 0 Å². The summed E-state index contributed by atoms with van der Waals surface area (Å²) in [5.74, 6) is 2.34. The van der Waals surface area contributed by atoms with Gasteiger partial charge >= 0.3 is 0 Å². The molecule has 2 aromatic rings. The molecule has 0 N–H and O–H groups in total. The van der Waals surface area contributed by atoms with E-state index >= 15 is 0 Å². The molecular weight excluding hydrogens is 298 g/mol. The number of nitrogens with zero attached hydrogens (tertiary/aromatic N) is 3. The summed E-state index contributed by atoms with van der Waals surface area (Å²) in [5.41, 5.74) is 0. The van der Waals surface area contributed by atoms with Crippen LogP contribution >= 0.6 is 0 Å². The number of morpholine rings is 1. The van der Waals surface area contributed by atoms with Crippen LogP contribution in [0.1, 0.15) is 49.3 Å². The van der Waals surface area contributed by atoms with Crippen LogP contribution in [0.15, 0.2) is 27.3 Å². The minimum absolute atomic E-state index is 0.0158. The summed E-state index contributed by atoms with van der Waals surface area (Å²) in [6, 6.07) is 3.59. The van der Waals surface area contributed by atoms with Gasteiger partial charge in [-0.2, -0.15) is 4.98 Å². The first-order valence-corrected chi connectivity index (χ1v) is 7.98. The van der Waals surface area contributed by atoms with E-state index in [2.05, 4.69) is 10.1 Å². The van der Waals surface area contributed by atoms with Crippen LogP contribution in [-0.2, 0) is 16.0 Å². The Balaban J connectivity index is 1.45. The Morgan fingerprint density at radius 3 is 3.00 bits per heavy atom. The van der Waals surface area contributed by atoms with Crippen molar-refractivity contribution in [2.75, 3.05) is 13.1 Å². The Bertz CT molecular complexity index is 677. The zero-order chi connectivity index (χ0) is 15.8. The zero-order valence-electron chi connectivity index (χ0n) is 13.0. The molecule has 23 heavy (non-hydrogen) atoms. The number of rotatable bonds is 4. The molecule has 1 saturated heterocycles. The van der Waals surface area contributed by atoms with E-state index < -0.39 is 0 Å². The predicted octanol–water partition coefficient (Wildman–Crippen LogP) is 2.07. The van der Waals surface area contributed by atoms with Crippen LogP contribution in [0, 0.1) is 0 Å². The summed E-state index contributed by atoms with van der Waals surface area (Å²) in [5, 5.41) is 4.02. The van der Waals surface area contributed by atoms with E-state index in [1.165, 1.54) is 0 Å². The largest absolute Gasteiger partial charge is 0.469 e. The fourth-order valence-corrected chi connectivity index (χ4v) is 2.85. The number of carbonyl (C=O) groups excluding carboxylic acids is 1. The summed E-state index contributed by atoms with van der Waals surface area (Å²) in [6.45, 7) is 2.92. The second-order valence-electron chi connectivity index (χ2n) is 6.26. The average molecular weight is 317 g/mol. The lowest BCUT2D eigenvalue weighted by atomic mass is 10.2. The number of ether oxygens (including phenoxy) is 1. The predicted molar refractivity (Wildman–Crippen MR) is 78.6 cm³/mol.